The molecular formula is C20H24N6O. The van der Waals surface area contributed by atoms with Gasteiger partial charge in [0.05, 0.1) is 0 Å². The number of hydrogen-bond donors (Lipinski definition) is 1. The molecule has 0 saturated carbocycles. The molecule has 7 nitrogen and oxygen atoms in total. The summed E-state index contributed by atoms with van der Waals surface area (Å²) in [7, 11) is 4.03. The molecule has 27 heavy (non-hydrogen) atoms. The molecular weight excluding hydrogens is 340 g/mol. The van der Waals surface area contributed by atoms with Gasteiger partial charge in [0.1, 0.15) is 0 Å². The normalized spacial score (nSPS) is 15.8. The first-order valence-electron chi connectivity index (χ1n) is 9.24. The number of hydrogen-bond acceptors (Lipinski definition) is 5. The number of amides is 1. The fourth-order valence-corrected chi connectivity index (χ4v) is 3.46. The van der Waals surface area contributed by atoms with E-state index >= 15 is 0 Å². The van der Waals surface area contributed by atoms with Gasteiger partial charge in [0.25, 0.3) is 5.91 Å². The highest BCUT2D eigenvalue weighted by Crippen LogP contribution is 2.19. The molecule has 1 N–H and O–H groups in total. The van der Waals surface area contributed by atoms with E-state index in [4.69, 9.17) is 0 Å². The minimum absolute atomic E-state index is 0.0713. The van der Waals surface area contributed by atoms with Gasteiger partial charge in [-0.15, -0.1) is 5.10 Å². The number of carbonyl (C=O) groups is 1. The second-order valence-electron chi connectivity index (χ2n) is 7.09. The molecule has 0 aliphatic carbocycles. The van der Waals surface area contributed by atoms with Gasteiger partial charge in [0.15, 0.2) is 5.65 Å². The lowest BCUT2D eigenvalue weighted by Gasteiger charge is -2.35. The Labute approximate surface area is 158 Å². The van der Waals surface area contributed by atoms with Crippen molar-refractivity contribution in [2.45, 2.75) is 18.9 Å². The minimum Gasteiger partial charge on any atom is -0.339 e. The molecule has 140 valence electrons. The van der Waals surface area contributed by atoms with Crippen molar-refractivity contribution in [3.63, 3.8) is 0 Å². The zero-order chi connectivity index (χ0) is 18.8. The number of nitrogens with one attached hydrogen (secondary N) is 1. The van der Waals surface area contributed by atoms with Gasteiger partial charge >= 0.3 is 0 Å². The van der Waals surface area contributed by atoms with E-state index in [1.165, 1.54) is 0 Å². The summed E-state index contributed by atoms with van der Waals surface area (Å²) in [4.78, 5) is 21.4. The molecule has 1 saturated heterocycles. The first kappa shape index (κ1) is 17.5. The third-order valence-corrected chi connectivity index (χ3v) is 5.19. The summed E-state index contributed by atoms with van der Waals surface area (Å²) < 4.78 is 1.72. The maximum Gasteiger partial charge on any atom is 0.253 e. The van der Waals surface area contributed by atoms with Crippen molar-refractivity contribution in [2.75, 3.05) is 32.5 Å². The molecule has 1 fully saturated rings. The van der Waals surface area contributed by atoms with Crippen molar-refractivity contribution in [1.29, 1.82) is 0 Å². The van der Waals surface area contributed by atoms with Gasteiger partial charge in [-0.3, -0.25) is 4.79 Å². The Morgan fingerprint density at radius 1 is 1.15 bits per heavy atom. The van der Waals surface area contributed by atoms with Crippen molar-refractivity contribution >= 4 is 23.2 Å². The number of piperidine rings is 1. The average molecular weight is 364 g/mol. The summed E-state index contributed by atoms with van der Waals surface area (Å²) in [6.45, 7) is 2.08. The van der Waals surface area contributed by atoms with Crippen LogP contribution in [0.2, 0.25) is 0 Å². The van der Waals surface area contributed by atoms with Gasteiger partial charge in [-0.1, -0.05) is 6.07 Å². The lowest BCUT2D eigenvalue weighted by atomic mass is 10.0. The molecule has 1 aromatic carbocycles. The highest BCUT2D eigenvalue weighted by molar-refractivity contribution is 5.94. The molecule has 7 heteroatoms. The van der Waals surface area contributed by atoms with Gasteiger partial charge in [-0.2, -0.15) is 4.98 Å². The Hall–Kier alpha value is -2.93. The highest BCUT2D eigenvalue weighted by Gasteiger charge is 2.24. The van der Waals surface area contributed by atoms with Crippen LogP contribution >= 0.6 is 0 Å². The molecule has 0 unspecified atom stereocenters. The Morgan fingerprint density at radius 2 is 1.89 bits per heavy atom. The summed E-state index contributed by atoms with van der Waals surface area (Å²) >= 11 is 0. The van der Waals surface area contributed by atoms with Crippen LogP contribution in [0.15, 0.2) is 48.7 Å². The van der Waals surface area contributed by atoms with Crippen LogP contribution in [0.1, 0.15) is 23.2 Å². The monoisotopic (exact) mass is 364 g/mol. The van der Waals surface area contributed by atoms with E-state index in [2.05, 4.69) is 27.3 Å². The van der Waals surface area contributed by atoms with E-state index in [0.29, 0.717) is 17.6 Å². The van der Waals surface area contributed by atoms with Crippen molar-refractivity contribution in [3.8, 4) is 0 Å². The number of aromatic nitrogens is 3. The van der Waals surface area contributed by atoms with Gasteiger partial charge in [0, 0.05) is 30.5 Å². The third-order valence-electron chi connectivity index (χ3n) is 5.19. The predicted molar refractivity (Wildman–Crippen MR) is 105 cm³/mol. The van der Waals surface area contributed by atoms with Crippen LogP contribution in [0.3, 0.4) is 0 Å². The zero-order valence-corrected chi connectivity index (χ0v) is 15.7. The molecule has 2 aromatic heterocycles. The summed E-state index contributed by atoms with van der Waals surface area (Å²) in [5.74, 6) is 0.602. The van der Waals surface area contributed by atoms with Crippen molar-refractivity contribution in [2.24, 2.45) is 0 Å². The maximum atomic E-state index is 12.8. The van der Waals surface area contributed by atoms with Gasteiger partial charge in [-0.25, -0.2) is 4.52 Å². The van der Waals surface area contributed by atoms with Crippen LogP contribution in [0.25, 0.3) is 5.65 Å². The van der Waals surface area contributed by atoms with Crippen molar-refractivity contribution < 1.29 is 4.79 Å². The van der Waals surface area contributed by atoms with E-state index in [0.717, 1.165) is 37.3 Å². The average Bonchev–Trinajstić information content (AvgIpc) is 3.10. The number of anilines is 2. The standard InChI is InChI=1S/C20H24N6O/c1-24-13-10-17(11-14-24)25(2)19(27)15-6-8-16(9-7-15)21-20-22-18-5-3-4-12-26(18)23-20/h3-9,12,17H,10-11,13-14H2,1-2H3,(H,21,23). The van der Waals surface area contributed by atoms with Gasteiger partial charge < -0.3 is 15.1 Å². The molecule has 0 bridgehead atoms. The van der Waals surface area contributed by atoms with E-state index in [1.807, 2.05) is 60.6 Å². The quantitative estimate of drug-likeness (QED) is 0.771. The lowest BCUT2D eigenvalue weighted by Crippen LogP contribution is -2.44. The van der Waals surface area contributed by atoms with E-state index in [9.17, 15) is 4.79 Å². The fourth-order valence-electron chi connectivity index (χ4n) is 3.46. The summed E-state index contributed by atoms with van der Waals surface area (Å²) in [5.41, 5.74) is 2.33. The zero-order valence-electron chi connectivity index (χ0n) is 15.7. The van der Waals surface area contributed by atoms with E-state index < -0.39 is 0 Å². The second-order valence-corrected chi connectivity index (χ2v) is 7.09. The van der Waals surface area contributed by atoms with Crippen LogP contribution < -0.4 is 5.32 Å². The van der Waals surface area contributed by atoms with E-state index in [1.54, 1.807) is 4.52 Å². The minimum atomic E-state index is 0.0713. The van der Waals surface area contributed by atoms with Crippen LogP contribution in [-0.4, -0.2) is 63.5 Å². The third kappa shape index (κ3) is 3.78. The van der Waals surface area contributed by atoms with Gasteiger partial charge in [0.2, 0.25) is 5.95 Å². The largest absolute Gasteiger partial charge is 0.339 e. The molecule has 4 rings (SSSR count). The van der Waals surface area contributed by atoms with Crippen LogP contribution in [0, 0.1) is 0 Å². The van der Waals surface area contributed by atoms with Crippen molar-refractivity contribution in [1.82, 2.24) is 24.4 Å². The molecule has 3 aromatic rings. The molecule has 0 atom stereocenters. The molecule has 1 amide bonds. The number of likely N-dealkylation sites (tertiary alicyclic amines) is 1. The summed E-state index contributed by atoms with van der Waals surface area (Å²) in [6, 6.07) is 13.5. The Kier molecular flexibility index (Phi) is 4.77. The molecule has 1 aliphatic heterocycles. The molecule has 1 aliphatic rings. The summed E-state index contributed by atoms with van der Waals surface area (Å²) in [5, 5.41) is 7.56. The second kappa shape index (κ2) is 7.36. The predicted octanol–water partition coefficient (Wildman–Crippen LogP) is 2.64. The topological polar surface area (TPSA) is 65.8 Å². The number of pyridine rings is 1. The van der Waals surface area contributed by atoms with Crippen LogP contribution in [0.4, 0.5) is 11.6 Å². The number of benzene rings is 1. The number of nitrogens with zero attached hydrogens (tertiary/aromatic N) is 5. The van der Waals surface area contributed by atoms with Crippen LogP contribution in [0.5, 0.6) is 0 Å². The smallest absolute Gasteiger partial charge is 0.253 e. The Bertz CT molecular complexity index is 894. The number of carbonyl (C=O) groups excluding carboxylic acids is 1. The highest BCUT2D eigenvalue weighted by atomic mass is 16.2. The SMILES string of the molecule is CN1CCC(N(C)C(=O)c2ccc(Nc3nc4ccccn4n3)cc2)CC1. The number of fused-ring (bicyclic) bond motifs is 1. The first-order valence-corrected chi connectivity index (χ1v) is 9.24. The molecule has 0 spiro atoms. The number of rotatable bonds is 4. The fraction of sp³-hybridized carbons (Fsp3) is 0.350. The maximum absolute atomic E-state index is 12.8. The van der Waals surface area contributed by atoms with Crippen LogP contribution in [-0.2, 0) is 0 Å². The molecule has 0 radical (unpaired) electrons. The first-order chi connectivity index (χ1) is 13.1. The molecule has 3 heterocycles. The van der Waals surface area contributed by atoms with Gasteiger partial charge in [-0.05, 0) is 69.4 Å². The Balaban J connectivity index is 1.42. The van der Waals surface area contributed by atoms with Crippen molar-refractivity contribution in [3.05, 3.63) is 54.2 Å². The van der Waals surface area contributed by atoms with E-state index in [-0.39, 0.29) is 5.91 Å². The summed E-state index contributed by atoms with van der Waals surface area (Å²) in [6.07, 6.45) is 3.91. The lowest BCUT2D eigenvalue weighted by molar-refractivity contribution is 0.0659. The Morgan fingerprint density at radius 3 is 2.59 bits per heavy atom.